The van der Waals surface area contributed by atoms with Crippen LogP contribution in [0.15, 0.2) is 82.8 Å². The molecule has 0 fully saturated rings. The average molecular weight is 475 g/mol. The van der Waals surface area contributed by atoms with Gasteiger partial charge in [-0.05, 0) is 54.8 Å². The van der Waals surface area contributed by atoms with Crippen LogP contribution in [0.2, 0.25) is 0 Å². The van der Waals surface area contributed by atoms with E-state index in [1.54, 1.807) is 48.7 Å². The summed E-state index contributed by atoms with van der Waals surface area (Å²) >= 11 is 0. The van der Waals surface area contributed by atoms with Gasteiger partial charge < -0.3 is 9.57 Å². The van der Waals surface area contributed by atoms with Crippen molar-refractivity contribution < 1.29 is 18.0 Å². The number of halogens is 1. The van der Waals surface area contributed by atoms with Gasteiger partial charge in [0.25, 0.3) is 10.0 Å². The maximum absolute atomic E-state index is 12.6. The van der Waals surface area contributed by atoms with E-state index in [4.69, 9.17) is 9.57 Å². The van der Waals surface area contributed by atoms with Gasteiger partial charge in [0.1, 0.15) is 12.4 Å². The van der Waals surface area contributed by atoms with Crippen molar-refractivity contribution in [1.29, 1.82) is 0 Å². The van der Waals surface area contributed by atoms with Crippen LogP contribution in [0.4, 0.5) is 5.69 Å². The maximum atomic E-state index is 12.6. The van der Waals surface area contributed by atoms with Gasteiger partial charge in [-0.2, -0.15) is 0 Å². The summed E-state index contributed by atoms with van der Waals surface area (Å²) in [5.41, 5.74) is 3.47. The van der Waals surface area contributed by atoms with Gasteiger partial charge in [-0.3, -0.25) is 4.72 Å². The summed E-state index contributed by atoms with van der Waals surface area (Å²) in [6.45, 7) is 4.80. The van der Waals surface area contributed by atoms with Gasteiger partial charge in [0, 0.05) is 12.5 Å². The number of hydrogen-bond acceptors (Lipinski definition) is 5. The summed E-state index contributed by atoms with van der Waals surface area (Å²) < 4.78 is 33.6. The molecular formula is C24H27ClN2O4S. The molecule has 0 saturated carbocycles. The van der Waals surface area contributed by atoms with Crippen molar-refractivity contribution in [3.63, 3.8) is 0 Å². The summed E-state index contributed by atoms with van der Waals surface area (Å²) in [5.74, 6) is 0.617. The standard InChI is InChI=1S/C24H26N2O4S.ClH/c1-3-30-25-18-21-11-9-20(10-12-21)13-14-29-23-16-19(2)15-22(17-23)26-31(27,28)24-7-5-4-6-8-24;/h4-12,15-18,26H,3,13-14H2,1-2H3;1H/b25-18+;. The molecule has 0 saturated heterocycles. The molecule has 0 aliphatic heterocycles. The van der Waals surface area contributed by atoms with Gasteiger partial charge >= 0.3 is 0 Å². The summed E-state index contributed by atoms with van der Waals surface area (Å²) in [5, 5.41) is 3.85. The lowest BCUT2D eigenvalue weighted by Gasteiger charge is -2.12. The Morgan fingerprint density at radius 3 is 2.41 bits per heavy atom. The van der Waals surface area contributed by atoms with Crippen LogP contribution >= 0.6 is 12.4 Å². The van der Waals surface area contributed by atoms with Crippen molar-refractivity contribution in [2.45, 2.75) is 25.2 Å². The van der Waals surface area contributed by atoms with Crippen molar-refractivity contribution in [2.24, 2.45) is 5.16 Å². The molecule has 3 aromatic carbocycles. The second-order valence-electron chi connectivity index (χ2n) is 6.95. The third-order valence-corrected chi connectivity index (χ3v) is 5.80. The van der Waals surface area contributed by atoms with Crippen molar-refractivity contribution >= 4 is 34.3 Å². The van der Waals surface area contributed by atoms with E-state index in [0.29, 0.717) is 24.7 Å². The van der Waals surface area contributed by atoms with Gasteiger partial charge in [-0.25, -0.2) is 8.42 Å². The van der Waals surface area contributed by atoms with E-state index < -0.39 is 10.0 Å². The average Bonchev–Trinajstić information content (AvgIpc) is 2.75. The third-order valence-electron chi connectivity index (χ3n) is 4.40. The Labute approximate surface area is 195 Å². The highest BCUT2D eigenvalue weighted by Crippen LogP contribution is 2.23. The monoisotopic (exact) mass is 474 g/mol. The molecule has 0 bridgehead atoms. The minimum atomic E-state index is -3.65. The van der Waals surface area contributed by atoms with Crippen LogP contribution in [0, 0.1) is 6.92 Å². The zero-order valence-corrected chi connectivity index (χ0v) is 19.7. The summed E-state index contributed by atoms with van der Waals surface area (Å²) in [4.78, 5) is 5.18. The van der Waals surface area contributed by atoms with Crippen LogP contribution in [-0.4, -0.2) is 27.8 Å². The number of rotatable bonds is 10. The van der Waals surface area contributed by atoms with E-state index in [1.165, 1.54) is 0 Å². The fourth-order valence-electron chi connectivity index (χ4n) is 2.93. The molecule has 3 aromatic rings. The van der Waals surface area contributed by atoms with Crippen molar-refractivity contribution in [1.82, 2.24) is 0 Å². The lowest BCUT2D eigenvalue weighted by atomic mass is 10.1. The maximum Gasteiger partial charge on any atom is 0.261 e. The Hall–Kier alpha value is -3.03. The molecule has 0 radical (unpaired) electrons. The van der Waals surface area contributed by atoms with E-state index in [-0.39, 0.29) is 17.3 Å². The lowest BCUT2D eigenvalue weighted by Crippen LogP contribution is -2.13. The molecule has 0 aromatic heterocycles. The third kappa shape index (κ3) is 7.59. The minimum Gasteiger partial charge on any atom is -0.493 e. The number of sulfonamides is 1. The number of benzene rings is 3. The van der Waals surface area contributed by atoms with Crippen LogP contribution in [-0.2, 0) is 21.3 Å². The quantitative estimate of drug-likeness (QED) is 0.323. The molecule has 32 heavy (non-hydrogen) atoms. The molecule has 1 N–H and O–H groups in total. The molecule has 8 heteroatoms. The first-order valence-electron chi connectivity index (χ1n) is 10.0. The number of hydrogen-bond donors (Lipinski definition) is 1. The highest BCUT2D eigenvalue weighted by molar-refractivity contribution is 7.92. The number of nitrogens with zero attached hydrogens (tertiary/aromatic N) is 1. The fourth-order valence-corrected chi connectivity index (χ4v) is 4.00. The Morgan fingerprint density at radius 1 is 1.00 bits per heavy atom. The van der Waals surface area contributed by atoms with E-state index in [2.05, 4.69) is 9.88 Å². The molecule has 0 aliphatic rings. The fraction of sp³-hybridized carbons (Fsp3) is 0.208. The largest absolute Gasteiger partial charge is 0.493 e. The SMILES string of the molecule is CCO/N=C/c1ccc(CCOc2cc(C)cc(NS(=O)(=O)c3ccccc3)c2)cc1.Cl. The topological polar surface area (TPSA) is 77.0 Å². The molecule has 0 amide bonds. The van der Waals surface area contributed by atoms with Crippen LogP contribution in [0.5, 0.6) is 5.75 Å². The Balaban J connectivity index is 0.00000363. The van der Waals surface area contributed by atoms with Crippen LogP contribution in [0.1, 0.15) is 23.6 Å². The Morgan fingerprint density at radius 2 is 1.72 bits per heavy atom. The van der Waals surface area contributed by atoms with Gasteiger partial charge in [-0.15, -0.1) is 12.4 Å². The molecule has 3 rings (SSSR count). The molecule has 170 valence electrons. The first-order chi connectivity index (χ1) is 15.0. The predicted molar refractivity (Wildman–Crippen MR) is 131 cm³/mol. The van der Waals surface area contributed by atoms with Crippen LogP contribution < -0.4 is 9.46 Å². The smallest absolute Gasteiger partial charge is 0.261 e. The zero-order valence-electron chi connectivity index (χ0n) is 18.0. The summed E-state index contributed by atoms with van der Waals surface area (Å²) in [7, 11) is -3.65. The summed E-state index contributed by atoms with van der Waals surface area (Å²) in [6.07, 6.45) is 2.40. The molecule has 0 spiro atoms. The van der Waals surface area contributed by atoms with E-state index >= 15 is 0 Å². The highest BCUT2D eigenvalue weighted by Gasteiger charge is 2.14. The first-order valence-corrected chi connectivity index (χ1v) is 11.5. The first kappa shape index (κ1) is 25.2. The predicted octanol–water partition coefficient (Wildman–Crippen LogP) is 5.21. The number of aryl methyl sites for hydroxylation is 1. The molecule has 0 heterocycles. The van der Waals surface area contributed by atoms with E-state index in [1.807, 2.05) is 44.2 Å². The zero-order chi connectivity index (χ0) is 22.1. The molecule has 0 unspecified atom stereocenters. The van der Waals surface area contributed by atoms with Crippen molar-refractivity contribution in [3.05, 3.63) is 89.5 Å². The Bertz CT molecular complexity index is 1120. The lowest BCUT2D eigenvalue weighted by molar-refractivity contribution is 0.160. The second-order valence-corrected chi connectivity index (χ2v) is 8.63. The van der Waals surface area contributed by atoms with Gasteiger partial charge in [0.05, 0.1) is 23.4 Å². The van der Waals surface area contributed by atoms with Crippen molar-refractivity contribution in [2.75, 3.05) is 17.9 Å². The molecular weight excluding hydrogens is 448 g/mol. The van der Waals surface area contributed by atoms with Gasteiger partial charge in [0.15, 0.2) is 0 Å². The van der Waals surface area contributed by atoms with E-state index in [9.17, 15) is 8.42 Å². The Kier molecular flexibility index (Phi) is 9.56. The van der Waals surface area contributed by atoms with E-state index in [0.717, 1.165) is 23.1 Å². The summed E-state index contributed by atoms with van der Waals surface area (Å²) in [6, 6.07) is 21.6. The number of nitrogens with one attached hydrogen (secondary N) is 1. The second kappa shape index (κ2) is 12.1. The highest BCUT2D eigenvalue weighted by atomic mass is 35.5. The molecule has 0 aliphatic carbocycles. The number of ether oxygens (including phenoxy) is 1. The number of oxime groups is 1. The van der Waals surface area contributed by atoms with Crippen molar-refractivity contribution in [3.8, 4) is 5.75 Å². The van der Waals surface area contributed by atoms with Crippen LogP contribution in [0.3, 0.4) is 0 Å². The normalized spacial score (nSPS) is 11.1. The van der Waals surface area contributed by atoms with Crippen LogP contribution in [0.25, 0.3) is 0 Å². The molecule has 0 atom stereocenters. The molecule has 6 nitrogen and oxygen atoms in total. The van der Waals surface area contributed by atoms with Gasteiger partial charge in [0.2, 0.25) is 0 Å². The number of anilines is 1. The minimum absolute atomic E-state index is 0. The van der Waals surface area contributed by atoms with Gasteiger partial charge in [-0.1, -0.05) is 47.6 Å².